The van der Waals surface area contributed by atoms with Crippen molar-refractivity contribution in [1.29, 1.82) is 0 Å². The number of aliphatic imine (C=N–C) groups is 1. The molecule has 5 heteroatoms. The highest BCUT2D eigenvalue weighted by atomic mass is 16.2. The molecule has 1 unspecified atom stereocenters. The monoisotopic (exact) mass is 208 g/mol. The number of piperidine rings is 1. The first-order chi connectivity index (χ1) is 7.13. The number of carbonyl (C=O) groups is 1. The van der Waals surface area contributed by atoms with Gasteiger partial charge in [0.2, 0.25) is 5.91 Å². The van der Waals surface area contributed by atoms with Gasteiger partial charge in [0.25, 0.3) is 0 Å². The fraction of sp³-hybridized carbons (Fsp3) is 0.600. The Morgan fingerprint density at radius 1 is 1.60 bits per heavy atom. The number of fused-ring (bicyclic) bond motifs is 1. The number of allylic oxidation sites excluding steroid dienone is 1. The highest BCUT2D eigenvalue weighted by molar-refractivity contribution is 6.11. The van der Waals surface area contributed by atoms with Crippen molar-refractivity contribution >= 4 is 11.7 Å². The zero-order chi connectivity index (χ0) is 11.0. The van der Waals surface area contributed by atoms with Crippen molar-refractivity contribution in [1.82, 2.24) is 10.2 Å². The van der Waals surface area contributed by atoms with Crippen LogP contribution in [0.1, 0.15) is 26.7 Å². The lowest BCUT2D eigenvalue weighted by molar-refractivity contribution is -0.127. The van der Waals surface area contributed by atoms with E-state index in [4.69, 9.17) is 5.73 Å². The number of nitrogens with zero attached hydrogens (tertiary/aromatic N) is 2. The second-order valence-electron chi connectivity index (χ2n) is 3.78. The van der Waals surface area contributed by atoms with Crippen LogP contribution in [0.4, 0.5) is 0 Å². The summed E-state index contributed by atoms with van der Waals surface area (Å²) in [5.41, 5.74) is 7.89. The minimum atomic E-state index is -0.427. The van der Waals surface area contributed by atoms with Crippen molar-refractivity contribution in [3.8, 4) is 0 Å². The van der Waals surface area contributed by atoms with Crippen LogP contribution in [0.25, 0.3) is 0 Å². The molecule has 1 atom stereocenters. The van der Waals surface area contributed by atoms with Gasteiger partial charge in [-0.15, -0.1) is 0 Å². The third kappa shape index (κ3) is 1.63. The fourth-order valence-electron chi connectivity index (χ4n) is 2.06. The number of likely N-dealkylation sites (N-methyl/N-ethyl adjacent to an activating group) is 1. The third-order valence-electron chi connectivity index (χ3n) is 2.81. The zero-order valence-electron chi connectivity index (χ0n) is 9.08. The summed E-state index contributed by atoms with van der Waals surface area (Å²) in [7, 11) is 0. The summed E-state index contributed by atoms with van der Waals surface area (Å²) >= 11 is 0. The van der Waals surface area contributed by atoms with Crippen LogP contribution in [0.5, 0.6) is 0 Å². The molecule has 1 fully saturated rings. The van der Waals surface area contributed by atoms with E-state index in [1.165, 1.54) is 0 Å². The van der Waals surface area contributed by atoms with Crippen LogP contribution in [0.15, 0.2) is 16.3 Å². The normalized spacial score (nSPS) is 26.1. The molecule has 0 aromatic rings. The molecule has 82 valence electrons. The molecule has 1 amide bonds. The van der Waals surface area contributed by atoms with Crippen molar-refractivity contribution in [2.75, 3.05) is 6.54 Å². The van der Waals surface area contributed by atoms with Gasteiger partial charge in [-0.25, -0.2) is 4.99 Å². The number of nitrogens with one attached hydrogen (secondary N) is 1. The second kappa shape index (κ2) is 3.66. The van der Waals surface area contributed by atoms with Crippen molar-refractivity contribution in [2.24, 2.45) is 10.7 Å². The largest absolute Gasteiger partial charge is 0.355 e. The maximum absolute atomic E-state index is 11.7. The van der Waals surface area contributed by atoms with Crippen LogP contribution >= 0.6 is 0 Å². The van der Waals surface area contributed by atoms with Crippen LogP contribution in [0.3, 0.4) is 0 Å². The van der Waals surface area contributed by atoms with Gasteiger partial charge in [0.1, 0.15) is 5.84 Å². The van der Waals surface area contributed by atoms with E-state index in [0.29, 0.717) is 13.0 Å². The molecule has 5 nitrogen and oxygen atoms in total. The second-order valence-corrected chi connectivity index (χ2v) is 3.78. The van der Waals surface area contributed by atoms with Crippen LogP contribution in [0.2, 0.25) is 0 Å². The van der Waals surface area contributed by atoms with Crippen molar-refractivity contribution < 1.29 is 4.79 Å². The summed E-state index contributed by atoms with van der Waals surface area (Å²) in [6, 6.07) is 0. The Kier molecular flexibility index (Phi) is 2.48. The van der Waals surface area contributed by atoms with Crippen LogP contribution in [0, 0.1) is 0 Å². The Balaban J connectivity index is 2.40. The topological polar surface area (TPSA) is 70.7 Å². The number of likely N-dealkylation sites (tertiary alicyclic amines) is 1. The number of amides is 1. The number of nitrogens with two attached hydrogens (primary N) is 1. The van der Waals surface area contributed by atoms with Crippen molar-refractivity contribution in [3.63, 3.8) is 0 Å². The van der Waals surface area contributed by atoms with Gasteiger partial charge in [0, 0.05) is 24.2 Å². The number of hydrogen-bond donors (Lipinski definition) is 2. The van der Waals surface area contributed by atoms with Gasteiger partial charge in [0.05, 0.1) is 0 Å². The molecule has 0 bridgehead atoms. The first-order valence-corrected chi connectivity index (χ1v) is 5.24. The van der Waals surface area contributed by atoms with Crippen molar-refractivity contribution in [2.45, 2.75) is 33.0 Å². The Morgan fingerprint density at radius 2 is 2.33 bits per heavy atom. The number of carbonyl (C=O) groups excluding carboxylic acids is 1. The Bertz CT molecular complexity index is 358. The van der Waals surface area contributed by atoms with Gasteiger partial charge in [-0.1, -0.05) is 0 Å². The Morgan fingerprint density at radius 3 is 3.00 bits per heavy atom. The van der Waals surface area contributed by atoms with Gasteiger partial charge in [-0.2, -0.15) is 0 Å². The van der Waals surface area contributed by atoms with Gasteiger partial charge in [-0.3, -0.25) is 15.4 Å². The average Bonchev–Trinajstić information content (AvgIpc) is 2.17. The first kappa shape index (κ1) is 10.2. The molecule has 2 rings (SSSR count). The molecular weight excluding hydrogens is 192 g/mol. The van der Waals surface area contributed by atoms with Gasteiger partial charge >= 0.3 is 0 Å². The fourth-order valence-corrected chi connectivity index (χ4v) is 2.06. The number of amidine groups is 1. The summed E-state index contributed by atoms with van der Waals surface area (Å²) in [5.74, 6) is 0.902. The summed E-state index contributed by atoms with van der Waals surface area (Å²) in [6.45, 7) is 4.58. The number of hydrogen-bond acceptors (Lipinski definition) is 4. The molecule has 0 radical (unpaired) electrons. The predicted octanol–water partition coefficient (Wildman–Crippen LogP) is 0.147. The molecule has 0 spiro atoms. The number of rotatable bonds is 1. The first-order valence-electron chi connectivity index (χ1n) is 5.24. The molecule has 2 aliphatic rings. The van der Waals surface area contributed by atoms with Gasteiger partial charge < -0.3 is 5.32 Å². The van der Waals surface area contributed by atoms with Crippen molar-refractivity contribution in [3.05, 3.63) is 11.3 Å². The van der Waals surface area contributed by atoms with E-state index in [9.17, 15) is 4.79 Å². The molecule has 0 aliphatic carbocycles. The summed E-state index contributed by atoms with van der Waals surface area (Å²) in [5, 5.41) is 3.07. The quantitative estimate of drug-likeness (QED) is 0.644. The van der Waals surface area contributed by atoms with Crippen LogP contribution in [-0.2, 0) is 4.79 Å². The van der Waals surface area contributed by atoms with E-state index in [0.717, 1.165) is 23.5 Å². The Hall–Kier alpha value is -1.36. The molecule has 0 aromatic heterocycles. The molecular formula is C10H16N4O. The minimum Gasteiger partial charge on any atom is -0.355 e. The van der Waals surface area contributed by atoms with Crippen LogP contribution in [-0.4, -0.2) is 29.5 Å². The maximum atomic E-state index is 11.7. The standard InChI is InChI=1S/C10H16N4O/c1-3-14-8(15)5-4-7-6(2)12-10(11)13-9(7)14/h10,12H,3-5,11H2,1-2H3. The van der Waals surface area contributed by atoms with E-state index in [1.54, 1.807) is 4.90 Å². The lowest BCUT2D eigenvalue weighted by atomic mass is 9.99. The molecule has 0 aromatic carbocycles. The Labute approximate surface area is 89.0 Å². The van der Waals surface area contributed by atoms with E-state index in [2.05, 4.69) is 10.3 Å². The van der Waals surface area contributed by atoms with E-state index in [-0.39, 0.29) is 5.91 Å². The minimum absolute atomic E-state index is 0.141. The average molecular weight is 208 g/mol. The predicted molar refractivity (Wildman–Crippen MR) is 57.9 cm³/mol. The molecule has 2 aliphatic heterocycles. The lowest BCUT2D eigenvalue weighted by Gasteiger charge is -2.34. The zero-order valence-corrected chi connectivity index (χ0v) is 9.08. The summed E-state index contributed by atoms with van der Waals surface area (Å²) in [6.07, 6.45) is 0.902. The summed E-state index contributed by atoms with van der Waals surface area (Å²) < 4.78 is 0. The van der Waals surface area contributed by atoms with E-state index < -0.39 is 6.29 Å². The smallest absolute Gasteiger partial charge is 0.228 e. The lowest BCUT2D eigenvalue weighted by Crippen LogP contribution is -2.49. The molecule has 2 heterocycles. The van der Waals surface area contributed by atoms with E-state index in [1.807, 2.05) is 13.8 Å². The highest BCUT2D eigenvalue weighted by Crippen LogP contribution is 2.24. The highest BCUT2D eigenvalue weighted by Gasteiger charge is 2.30. The molecule has 0 saturated carbocycles. The van der Waals surface area contributed by atoms with Crippen LogP contribution < -0.4 is 11.1 Å². The molecule has 15 heavy (non-hydrogen) atoms. The summed E-state index contributed by atoms with van der Waals surface area (Å²) in [4.78, 5) is 17.7. The maximum Gasteiger partial charge on any atom is 0.228 e. The molecule has 3 N–H and O–H groups in total. The van der Waals surface area contributed by atoms with Gasteiger partial charge in [0.15, 0.2) is 6.29 Å². The van der Waals surface area contributed by atoms with E-state index >= 15 is 0 Å². The molecule has 1 saturated heterocycles. The third-order valence-corrected chi connectivity index (χ3v) is 2.81. The van der Waals surface area contributed by atoms with Gasteiger partial charge in [-0.05, 0) is 20.3 Å². The SMILES string of the molecule is CCN1C(=O)CCC2=C(C)NC(N)N=C21.